The van der Waals surface area contributed by atoms with Gasteiger partial charge in [-0.3, -0.25) is 19.2 Å². The molecule has 0 heterocycles. The van der Waals surface area contributed by atoms with Crippen LogP contribution in [0.4, 0.5) is 0 Å². The molecule has 0 aromatic carbocycles. The zero-order chi connectivity index (χ0) is 15.3. The first-order valence-corrected chi connectivity index (χ1v) is 5.26. The zero-order valence-electron chi connectivity index (χ0n) is 12.3. The number of hydrogen-bond donors (Lipinski definition) is 0. The molecule has 20 heavy (non-hydrogen) atoms. The van der Waals surface area contributed by atoms with Crippen LogP contribution in [-0.2, 0) is 38.1 Å². The van der Waals surface area contributed by atoms with Crippen LogP contribution in [0.5, 0.6) is 0 Å². The predicted octanol–water partition coefficient (Wildman–Crippen LogP) is -0.0997. The van der Waals surface area contributed by atoms with E-state index in [0.717, 1.165) is 20.8 Å². The number of carbonyl (C=O) groups excluding carboxylic acids is 4. The monoisotopic (exact) mass is 299 g/mol. The van der Waals surface area contributed by atoms with Crippen molar-refractivity contribution in [3.63, 3.8) is 0 Å². The molecule has 0 saturated heterocycles. The van der Waals surface area contributed by atoms with Gasteiger partial charge in [-0.05, 0) is 13.8 Å². The molecule has 0 amide bonds. The fraction of sp³-hybridized carbons (Fsp3) is 0.636. The fourth-order valence-corrected chi connectivity index (χ4v) is 1.19. The Morgan fingerprint density at radius 3 is 1.35 bits per heavy atom. The molecule has 0 fully saturated rings. The van der Waals surface area contributed by atoms with E-state index in [2.05, 4.69) is 4.74 Å². The van der Waals surface area contributed by atoms with Crippen LogP contribution < -0.4 is 0 Å². The molecule has 0 aromatic heterocycles. The van der Waals surface area contributed by atoms with Crippen LogP contribution in [0.15, 0.2) is 0 Å². The summed E-state index contributed by atoms with van der Waals surface area (Å²) >= 11 is 0. The van der Waals surface area contributed by atoms with Gasteiger partial charge in [0.15, 0.2) is 0 Å². The number of rotatable bonds is 6. The Morgan fingerprint density at radius 1 is 0.850 bits per heavy atom. The van der Waals surface area contributed by atoms with Gasteiger partial charge in [0.05, 0.1) is 0 Å². The average molecular weight is 299 g/mol. The fourth-order valence-electron chi connectivity index (χ4n) is 1.19. The first-order chi connectivity index (χ1) is 8.56. The Morgan fingerprint density at radius 2 is 1.15 bits per heavy atom. The summed E-state index contributed by atoms with van der Waals surface area (Å²) in [5, 5.41) is 0. The Labute approximate surface area is 138 Å². The van der Waals surface area contributed by atoms with Crippen molar-refractivity contribution in [2.24, 2.45) is 0 Å². The maximum atomic E-state index is 11.1. The zero-order valence-corrected chi connectivity index (χ0v) is 14.3. The van der Waals surface area contributed by atoms with Crippen molar-refractivity contribution >= 4 is 53.9 Å². The first-order valence-electron chi connectivity index (χ1n) is 5.26. The van der Waals surface area contributed by atoms with Crippen LogP contribution in [0.25, 0.3) is 0 Å². The normalized spacial score (nSPS) is 10.7. The summed E-state index contributed by atoms with van der Waals surface area (Å²) < 4.78 is 19.0. The minimum absolute atomic E-state index is 0. The number of ether oxygens (including phenoxy) is 4. The van der Waals surface area contributed by atoms with E-state index in [9.17, 15) is 19.2 Å². The van der Waals surface area contributed by atoms with Gasteiger partial charge in [-0.15, -0.1) is 0 Å². The Bertz CT molecular complexity index is 349. The van der Waals surface area contributed by atoms with E-state index in [-0.39, 0.29) is 36.0 Å². The summed E-state index contributed by atoms with van der Waals surface area (Å²) in [4.78, 5) is 43.9. The summed E-state index contributed by atoms with van der Waals surface area (Å²) in [6, 6.07) is 0. The van der Waals surface area contributed by atoms with E-state index in [4.69, 9.17) is 14.2 Å². The minimum atomic E-state index is -2.49. The summed E-state index contributed by atoms with van der Waals surface area (Å²) in [5.74, 6) is -5.18. The molecule has 0 N–H and O–H groups in total. The molecule has 1 radical (unpaired) electrons. The van der Waals surface area contributed by atoms with Gasteiger partial charge in [-0.2, -0.15) is 0 Å². The quantitative estimate of drug-likeness (QED) is 0.290. The standard InChI is InChI=1S/C11H16O8.Na/c1-7(13)17-11(18-8(2)14,19-9(3)15)10(4,5)16-6-12;/h6H,1-5H3;. The molecule has 0 aliphatic rings. The average Bonchev–Trinajstić information content (AvgIpc) is 2.12. The molecule has 0 aliphatic heterocycles. The van der Waals surface area contributed by atoms with Gasteiger partial charge in [0, 0.05) is 50.3 Å². The third-order valence-electron chi connectivity index (χ3n) is 1.91. The van der Waals surface area contributed by atoms with Crippen molar-refractivity contribution in [1.29, 1.82) is 0 Å². The van der Waals surface area contributed by atoms with Crippen LogP contribution in [0.1, 0.15) is 34.6 Å². The van der Waals surface area contributed by atoms with Crippen LogP contribution in [0.3, 0.4) is 0 Å². The molecule has 8 nitrogen and oxygen atoms in total. The number of carbonyl (C=O) groups is 4. The molecule has 0 atom stereocenters. The van der Waals surface area contributed by atoms with Crippen molar-refractivity contribution in [1.82, 2.24) is 0 Å². The largest absolute Gasteiger partial charge is 0.465 e. The van der Waals surface area contributed by atoms with E-state index in [1.807, 2.05) is 0 Å². The van der Waals surface area contributed by atoms with Crippen molar-refractivity contribution in [3.05, 3.63) is 0 Å². The SMILES string of the molecule is CC(=O)OC(OC(C)=O)(OC(C)=O)C(C)(C)OC=O.[Na]. The molecule has 9 heteroatoms. The second kappa shape index (κ2) is 8.23. The Kier molecular flexibility index (Phi) is 8.72. The van der Waals surface area contributed by atoms with Gasteiger partial charge in [0.1, 0.15) is 0 Å². The van der Waals surface area contributed by atoms with Crippen LogP contribution in [0.2, 0.25) is 0 Å². The van der Waals surface area contributed by atoms with Crippen LogP contribution in [-0.4, -0.2) is 65.5 Å². The van der Waals surface area contributed by atoms with Gasteiger partial charge in [0.25, 0.3) is 6.47 Å². The van der Waals surface area contributed by atoms with E-state index in [0.29, 0.717) is 0 Å². The number of esters is 3. The summed E-state index contributed by atoms with van der Waals surface area (Å²) in [6.45, 7) is 5.58. The van der Waals surface area contributed by atoms with E-state index < -0.39 is 29.5 Å². The van der Waals surface area contributed by atoms with Gasteiger partial charge in [-0.1, -0.05) is 0 Å². The maximum Gasteiger partial charge on any atom is 0.465 e. The van der Waals surface area contributed by atoms with Gasteiger partial charge in [-0.25, -0.2) is 0 Å². The van der Waals surface area contributed by atoms with Crippen molar-refractivity contribution in [2.75, 3.05) is 0 Å². The molecular formula is C11H16NaO8. The molecular weight excluding hydrogens is 283 g/mol. The van der Waals surface area contributed by atoms with Gasteiger partial charge in [0.2, 0.25) is 5.60 Å². The second-order valence-corrected chi connectivity index (χ2v) is 4.06. The summed E-state index contributed by atoms with van der Waals surface area (Å²) in [6.07, 6.45) is 0. The smallest absolute Gasteiger partial charge is 0.449 e. The summed E-state index contributed by atoms with van der Waals surface area (Å²) in [5.41, 5.74) is -1.74. The molecule has 109 valence electrons. The Balaban J connectivity index is 0. The van der Waals surface area contributed by atoms with Crippen LogP contribution in [0, 0.1) is 0 Å². The van der Waals surface area contributed by atoms with E-state index >= 15 is 0 Å². The summed E-state index contributed by atoms with van der Waals surface area (Å²) in [7, 11) is 0. The van der Waals surface area contributed by atoms with Crippen LogP contribution >= 0.6 is 0 Å². The molecule has 0 aliphatic carbocycles. The van der Waals surface area contributed by atoms with E-state index in [1.165, 1.54) is 13.8 Å². The molecule has 0 spiro atoms. The molecule has 0 aromatic rings. The van der Waals surface area contributed by atoms with Crippen molar-refractivity contribution < 1.29 is 38.1 Å². The third kappa shape index (κ3) is 5.89. The topological polar surface area (TPSA) is 105 Å². The third-order valence-corrected chi connectivity index (χ3v) is 1.91. The van der Waals surface area contributed by atoms with Crippen molar-refractivity contribution in [3.8, 4) is 0 Å². The van der Waals surface area contributed by atoms with Gasteiger partial charge < -0.3 is 18.9 Å². The first kappa shape index (κ1) is 21.2. The molecule has 0 bridgehead atoms. The number of hydrogen-bond acceptors (Lipinski definition) is 8. The predicted molar refractivity (Wildman–Crippen MR) is 65.0 cm³/mol. The second-order valence-electron chi connectivity index (χ2n) is 4.06. The van der Waals surface area contributed by atoms with Gasteiger partial charge >= 0.3 is 23.9 Å². The minimum Gasteiger partial charge on any atom is -0.449 e. The van der Waals surface area contributed by atoms with E-state index in [1.54, 1.807) is 0 Å². The van der Waals surface area contributed by atoms with Crippen molar-refractivity contribution in [2.45, 2.75) is 46.2 Å². The Hall–Kier alpha value is -1.12. The molecule has 0 saturated carbocycles. The molecule has 0 rings (SSSR count). The maximum absolute atomic E-state index is 11.1. The molecule has 0 unspecified atom stereocenters.